The first kappa shape index (κ1) is 16.5. The summed E-state index contributed by atoms with van der Waals surface area (Å²) < 4.78 is 11.9. The van der Waals surface area contributed by atoms with Gasteiger partial charge in [-0.2, -0.15) is 5.10 Å². The maximum absolute atomic E-state index is 6.17. The molecule has 2 aliphatic rings. The lowest BCUT2D eigenvalue weighted by molar-refractivity contribution is 0.0902. The van der Waals surface area contributed by atoms with Crippen molar-refractivity contribution in [1.29, 1.82) is 0 Å². The molecule has 0 aliphatic carbocycles. The number of aromatic nitrogens is 4. The van der Waals surface area contributed by atoms with Gasteiger partial charge in [0.15, 0.2) is 0 Å². The van der Waals surface area contributed by atoms with Crippen LogP contribution in [0.2, 0.25) is 0 Å². The Morgan fingerprint density at radius 3 is 2.70 bits per heavy atom. The topological polar surface area (TPSA) is 76.2 Å². The van der Waals surface area contributed by atoms with Crippen molar-refractivity contribution in [2.45, 2.75) is 44.9 Å². The van der Waals surface area contributed by atoms with Crippen molar-refractivity contribution >= 4 is 16.7 Å². The van der Waals surface area contributed by atoms with Gasteiger partial charge in [0, 0.05) is 23.8 Å². The van der Waals surface area contributed by atoms with E-state index in [2.05, 4.69) is 26.1 Å². The highest BCUT2D eigenvalue weighted by molar-refractivity contribution is 5.95. The van der Waals surface area contributed by atoms with Gasteiger partial charge in [0.1, 0.15) is 22.8 Å². The molecule has 0 amide bonds. The largest absolute Gasteiger partial charge is 0.490 e. The minimum absolute atomic E-state index is 0.0774. The van der Waals surface area contributed by atoms with Crippen LogP contribution in [0.5, 0.6) is 5.75 Å². The molecule has 0 saturated carbocycles. The van der Waals surface area contributed by atoms with E-state index in [4.69, 9.17) is 14.5 Å². The molecule has 3 aromatic heterocycles. The molecule has 27 heavy (non-hydrogen) atoms. The zero-order valence-electron chi connectivity index (χ0n) is 15.6. The average molecular weight is 365 g/mol. The van der Waals surface area contributed by atoms with E-state index in [0.717, 1.165) is 59.9 Å². The van der Waals surface area contributed by atoms with Crippen molar-refractivity contribution in [3.8, 4) is 17.1 Å². The lowest BCUT2D eigenvalue weighted by Crippen LogP contribution is -2.46. The molecule has 0 spiro atoms. The van der Waals surface area contributed by atoms with Crippen LogP contribution in [0.4, 0.5) is 5.82 Å². The van der Waals surface area contributed by atoms with E-state index in [9.17, 15) is 0 Å². The molecule has 2 bridgehead atoms. The third-order valence-corrected chi connectivity index (χ3v) is 5.30. The fraction of sp³-hybridized carbons (Fsp3) is 0.450. The van der Waals surface area contributed by atoms with Crippen molar-refractivity contribution < 1.29 is 9.47 Å². The lowest BCUT2D eigenvalue weighted by atomic mass is 10.1. The van der Waals surface area contributed by atoms with Crippen LogP contribution in [-0.2, 0) is 4.74 Å². The maximum Gasteiger partial charge on any atom is 0.133 e. The van der Waals surface area contributed by atoms with Gasteiger partial charge in [0.05, 0.1) is 37.1 Å². The van der Waals surface area contributed by atoms with Crippen LogP contribution in [-0.4, -0.2) is 51.6 Å². The maximum atomic E-state index is 6.17. The molecule has 5 heterocycles. The normalized spacial score (nSPS) is 22.0. The number of nitrogens with zero attached hydrogens (tertiary/aromatic N) is 4. The molecule has 2 aliphatic heterocycles. The van der Waals surface area contributed by atoms with Crippen LogP contribution < -0.4 is 9.64 Å². The molecule has 0 radical (unpaired) electrons. The van der Waals surface area contributed by atoms with Gasteiger partial charge < -0.3 is 14.4 Å². The molecule has 2 unspecified atom stereocenters. The van der Waals surface area contributed by atoms with E-state index >= 15 is 0 Å². The fourth-order valence-electron chi connectivity index (χ4n) is 4.18. The van der Waals surface area contributed by atoms with Crippen LogP contribution in [0.1, 0.15) is 26.7 Å². The molecular formula is C20H23N5O2. The fourth-order valence-corrected chi connectivity index (χ4v) is 4.18. The van der Waals surface area contributed by atoms with Crippen LogP contribution in [0, 0.1) is 0 Å². The number of hydrogen-bond donors (Lipinski definition) is 1. The number of anilines is 1. The lowest BCUT2D eigenvalue weighted by Gasteiger charge is -2.36. The Morgan fingerprint density at radius 2 is 2.00 bits per heavy atom. The van der Waals surface area contributed by atoms with E-state index < -0.39 is 0 Å². The van der Waals surface area contributed by atoms with E-state index in [0.29, 0.717) is 12.1 Å². The van der Waals surface area contributed by atoms with Gasteiger partial charge in [-0.25, -0.2) is 4.98 Å². The number of hydrogen-bond acceptors (Lipinski definition) is 6. The first-order chi connectivity index (χ1) is 13.2. The summed E-state index contributed by atoms with van der Waals surface area (Å²) in [5.74, 6) is 1.79. The highest BCUT2D eigenvalue weighted by Crippen LogP contribution is 2.38. The number of H-pyrrole nitrogens is 1. The Kier molecular flexibility index (Phi) is 3.97. The number of morpholine rings is 1. The van der Waals surface area contributed by atoms with E-state index in [1.807, 2.05) is 26.0 Å². The monoisotopic (exact) mass is 365 g/mol. The summed E-state index contributed by atoms with van der Waals surface area (Å²) >= 11 is 0. The number of ether oxygens (including phenoxy) is 2. The van der Waals surface area contributed by atoms with Crippen LogP contribution in [0.25, 0.3) is 22.3 Å². The first-order valence-corrected chi connectivity index (χ1v) is 9.53. The molecule has 2 fully saturated rings. The Morgan fingerprint density at radius 1 is 1.19 bits per heavy atom. The molecule has 140 valence electrons. The quantitative estimate of drug-likeness (QED) is 0.765. The second kappa shape index (κ2) is 6.49. The summed E-state index contributed by atoms with van der Waals surface area (Å²) in [5, 5.41) is 8.04. The standard InChI is InChI=1S/C20H23N5O2/c1-12(2)27-17-9-18(25-13-3-4-14(25)11-26-10-13)23-19-15(17)5-7-21-20(19)16-6-8-22-24-16/h5-9,12-14H,3-4,10-11H2,1-2H3,(H,22,24). The molecule has 2 atom stereocenters. The van der Waals surface area contributed by atoms with E-state index in [1.165, 1.54) is 0 Å². The number of pyridine rings is 2. The molecule has 7 heteroatoms. The van der Waals surface area contributed by atoms with Gasteiger partial charge in [0.25, 0.3) is 0 Å². The van der Waals surface area contributed by atoms with E-state index in [-0.39, 0.29) is 6.10 Å². The first-order valence-electron chi connectivity index (χ1n) is 9.53. The molecule has 1 N–H and O–H groups in total. The molecule has 0 aromatic carbocycles. The molecule has 2 saturated heterocycles. The van der Waals surface area contributed by atoms with Crippen molar-refractivity contribution in [2.75, 3.05) is 18.1 Å². The van der Waals surface area contributed by atoms with Gasteiger partial charge >= 0.3 is 0 Å². The number of nitrogens with one attached hydrogen (secondary N) is 1. The van der Waals surface area contributed by atoms with Gasteiger partial charge in [-0.05, 0) is 38.8 Å². The van der Waals surface area contributed by atoms with Gasteiger partial charge in [-0.3, -0.25) is 10.1 Å². The van der Waals surface area contributed by atoms with Crippen LogP contribution >= 0.6 is 0 Å². The number of rotatable bonds is 4. The Balaban J connectivity index is 1.71. The number of aromatic amines is 1. The third kappa shape index (κ3) is 2.82. The van der Waals surface area contributed by atoms with Gasteiger partial charge in [0.2, 0.25) is 0 Å². The van der Waals surface area contributed by atoms with Crippen molar-refractivity contribution in [2.24, 2.45) is 0 Å². The van der Waals surface area contributed by atoms with Gasteiger partial charge in [-0.15, -0.1) is 0 Å². The highest BCUT2D eigenvalue weighted by Gasteiger charge is 2.38. The smallest absolute Gasteiger partial charge is 0.133 e. The van der Waals surface area contributed by atoms with Gasteiger partial charge in [-0.1, -0.05) is 0 Å². The Labute approximate surface area is 157 Å². The summed E-state index contributed by atoms with van der Waals surface area (Å²) in [7, 11) is 0. The Bertz CT molecular complexity index is 940. The van der Waals surface area contributed by atoms with Crippen molar-refractivity contribution in [3.63, 3.8) is 0 Å². The van der Waals surface area contributed by atoms with Crippen LogP contribution in [0.15, 0.2) is 30.6 Å². The second-order valence-corrected chi connectivity index (χ2v) is 7.50. The third-order valence-electron chi connectivity index (χ3n) is 5.30. The minimum Gasteiger partial charge on any atom is -0.490 e. The summed E-state index contributed by atoms with van der Waals surface area (Å²) in [6, 6.07) is 6.73. The highest BCUT2D eigenvalue weighted by atomic mass is 16.5. The zero-order chi connectivity index (χ0) is 18.4. The SMILES string of the molecule is CC(C)Oc1cc(N2C3CCC2COC3)nc2c(-c3ccn[nH]3)nccc12. The summed E-state index contributed by atoms with van der Waals surface area (Å²) in [6.07, 6.45) is 5.89. The molecule has 5 rings (SSSR count). The summed E-state index contributed by atoms with van der Waals surface area (Å²) in [4.78, 5) is 12.0. The average Bonchev–Trinajstić information content (AvgIpc) is 3.27. The Hall–Kier alpha value is -2.67. The predicted molar refractivity (Wildman–Crippen MR) is 103 cm³/mol. The van der Waals surface area contributed by atoms with E-state index in [1.54, 1.807) is 12.4 Å². The molecule has 3 aromatic rings. The number of fused-ring (bicyclic) bond motifs is 3. The van der Waals surface area contributed by atoms with Crippen molar-refractivity contribution in [3.05, 3.63) is 30.6 Å². The second-order valence-electron chi connectivity index (χ2n) is 7.50. The summed E-state index contributed by atoms with van der Waals surface area (Å²) in [6.45, 7) is 5.61. The molecular weight excluding hydrogens is 342 g/mol. The summed E-state index contributed by atoms with van der Waals surface area (Å²) in [5.41, 5.74) is 2.48. The predicted octanol–water partition coefficient (Wildman–Crippen LogP) is 3.17. The minimum atomic E-state index is 0.0774. The zero-order valence-corrected chi connectivity index (χ0v) is 15.6. The van der Waals surface area contributed by atoms with Crippen molar-refractivity contribution in [1.82, 2.24) is 20.2 Å². The van der Waals surface area contributed by atoms with Crippen LogP contribution in [0.3, 0.4) is 0 Å². The molecule has 7 nitrogen and oxygen atoms in total.